The fourth-order valence-corrected chi connectivity index (χ4v) is 1.71. The predicted octanol–water partition coefficient (Wildman–Crippen LogP) is 3.23. The summed E-state index contributed by atoms with van der Waals surface area (Å²) in [6, 6.07) is 0. The van der Waals surface area contributed by atoms with Crippen molar-refractivity contribution in [1.29, 1.82) is 0 Å². The van der Waals surface area contributed by atoms with Gasteiger partial charge in [-0.15, -0.1) is 0 Å². The van der Waals surface area contributed by atoms with Crippen LogP contribution in [0.15, 0.2) is 0 Å². The highest BCUT2D eigenvalue weighted by Crippen LogP contribution is 2.09. The van der Waals surface area contributed by atoms with Crippen molar-refractivity contribution in [1.82, 2.24) is 0 Å². The zero-order chi connectivity index (χ0) is 17.2. The fraction of sp³-hybridized carbons (Fsp3) is 0.875. The molecule has 0 fully saturated rings. The third kappa shape index (κ3) is 24.1. The van der Waals surface area contributed by atoms with Crippen molar-refractivity contribution in [3.05, 3.63) is 0 Å². The monoisotopic (exact) mass is 336 g/mol. The molecule has 0 aliphatic carbocycles. The number of unbranched alkanes of at least 4 members (excludes halogenated alkanes) is 5. The number of carbonyl (C=O) groups excluding carboxylic acids is 2. The van der Waals surface area contributed by atoms with Crippen LogP contribution in [0.25, 0.3) is 0 Å². The molecule has 0 spiro atoms. The van der Waals surface area contributed by atoms with Gasteiger partial charge in [-0.3, -0.25) is 13.8 Å². The maximum Gasteiger partial charge on any atom is 0.305 e. The van der Waals surface area contributed by atoms with Crippen LogP contribution in [0.5, 0.6) is 0 Å². The van der Waals surface area contributed by atoms with Gasteiger partial charge in [-0.1, -0.05) is 25.7 Å². The predicted molar refractivity (Wildman–Crippen MR) is 90.2 cm³/mol. The summed E-state index contributed by atoms with van der Waals surface area (Å²) in [5, 5.41) is 0. The van der Waals surface area contributed by atoms with Crippen LogP contribution in [-0.4, -0.2) is 41.9 Å². The Hall–Kier alpha value is -0.910. The maximum atomic E-state index is 11.0. The van der Waals surface area contributed by atoms with Crippen molar-refractivity contribution >= 4 is 22.7 Å². The van der Waals surface area contributed by atoms with E-state index in [1.54, 1.807) is 12.5 Å². The van der Waals surface area contributed by atoms with Crippen LogP contribution >= 0.6 is 0 Å². The molecule has 0 saturated carbocycles. The molecule has 0 aromatic carbocycles. The molecule has 132 valence electrons. The first-order valence-electron chi connectivity index (χ1n) is 8.00. The van der Waals surface area contributed by atoms with Crippen molar-refractivity contribution < 1.29 is 23.3 Å². The molecule has 0 atom stereocenters. The van der Waals surface area contributed by atoms with Gasteiger partial charge in [0.15, 0.2) is 0 Å². The average molecular weight is 336 g/mol. The lowest BCUT2D eigenvalue weighted by atomic mass is 10.1. The zero-order valence-corrected chi connectivity index (χ0v) is 15.3. The Kier molecular flexibility index (Phi) is 19.3. The molecular weight excluding hydrogens is 304 g/mol. The quantitative estimate of drug-likeness (QED) is 0.428. The van der Waals surface area contributed by atoms with Crippen LogP contribution in [0.3, 0.4) is 0 Å². The Balaban J connectivity index is 0. The SMILES string of the molecule is CCOC(=O)CCCCCCCCC(=O)OCC.CS(C)=O. The van der Waals surface area contributed by atoms with Crippen LogP contribution in [-0.2, 0) is 29.9 Å². The number of hydrogen-bond acceptors (Lipinski definition) is 5. The van der Waals surface area contributed by atoms with Crippen LogP contribution in [0.4, 0.5) is 0 Å². The minimum Gasteiger partial charge on any atom is -0.466 e. The highest BCUT2D eigenvalue weighted by molar-refractivity contribution is 7.83. The molecule has 6 heteroatoms. The second-order valence-electron chi connectivity index (χ2n) is 4.97. The summed E-state index contributed by atoms with van der Waals surface area (Å²) in [6.07, 6.45) is 10.5. The molecule has 0 rings (SSSR count). The Bertz CT molecular complexity index is 277. The highest BCUT2D eigenvalue weighted by Gasteiger charge is 2.02. The maximum absolute atomic E-state index is 11.0. The van der Waals surface area contributed by atoms with E-state index in [0.717, 1.165) is 38.5 Å². The zero-order valence-electron chi connectivity index (χ0n) is 14.5. The van der Waals surface area contributed by atoms with Gasteiger partial charge in [-0.05, 0) is 26.7 Å². The smallest absolute Gasteiger partial charge is 0.305 e. The molecule has 0 aromatic rings. The summed E-state index contributed by atoms with van der Waals surface area (Å²) >= 11 is 0. The lowest BCUT2D eigenvalue weighted by molar-refractivity contribution is -0.144. The Morgan fingerprint density at radius 3 is 1.27 bits per heavy atom. The first-order chi connectivity index (χ1) is 10.4. The Labute approximate surface area is 137 Å². The topological polar surface area (TPSA) is 69.7 Å². The molecule has 5 nitrogen and oxygen atoms in total. The standard InChI is InChI=1S/C14H26O4.C2H6OS/c1-3-17-13(15)11-9-7-5-6-8-10-12-14(16)18-4-2;1-4(2)3/h3-12H2,1-2H3;1-2H3. The van der Waals surface area contributed by atoms with Crippen molar-refractivity contribution in [3.8, 4) is 0 Å². The van der Waals surface area contributed by atoms with Gasteiger partial charge in [0.25, 0.3) is 0 Å². The normalized spacial score (nSPS) is 9.86. The van der Waals surface area contributed by atoms with Gasteiger partial charge in [0.1, 0.15) is 0 Å². The summed E-state index contributed by atoms with van der Waals surface area (Å²) in [4.78, 5) is 22.1. The summed E-state index contributed by atoms with van der Waals surface area (Å²) in [5.74, 6) is -0.195. The van der Waals surface area contributed by atoms with Crippen molar-refractivity contribution in [3.63, 3.8) is 0 Å². The van der Waals surface area contributed by atoms with Gasteiger partial charge in [0, 0.05) is 36.2 Å². The van der Waals surface area contributed by atoms with Crippen molar-refractivity contribution in [2.45, 2.75) is 65.2 Å². The minimum atomic E-state index is -0.611. The minimum absolute atomic E-state index is 0.0974. The molecule has 0 amide bonds. The molecule has 0 radical (unpaired) electrons. The molecule has 0 aromatic heterocycles. The summed E-state index contributed by atoms with van der Waals surface area (Å²) < 4.78 is 19.2. The second kappa shape index (κ2) is 18.1. The molecule has 0 N–H and O–H groups in total. The Morgan fingerprint density at radius 1 is 0.727 bits per heavy atom. The van der Waals surface area contributed by atoms with Crippen LogP contribution in [0.1, 0.15) is 65.2 Å². The number of rotatable bonds is 11. The third-order valence-corrected chi connectivity index (χ3v) is 2.62. The van der Waals surface area contributed by atoms with Crippen LogP contribution in [0.2, 0.25) is 0 Å². The van der Waals surface area contributed by atoms with E-state index in [4.69, 9.17) is 9.47 Å². The third-order valence-electron chi connectivity index (χ3n) is 2.62. The van der Waals surface area contributed by atoms with E-state index in [0.29, 0.717) is 26.1 Å². The lowest BCUT2D eigenvalue weighted by Crippen LogP contribution is -2.03. The molecule has 0 saturated heterocycles. The van der Waals surface area contributed by atoms with E-state index in [1.165, 1.54) is 0 Å². The lowest BCUT2D eigenvalue weighted by Gasteiger charge is -2.03. The molecule has 0 bridgehead atoms. The summed E-state index contributed by atoms with van der Waals surface area (Å²) in [7, 11) is -0.611. The van der Waals surface area contributed by atoms with E-state index in [-0.39, 0.29) is 11.9 Å². The summed E-state index contributed by atoms with van der Waals surface area (Å²) in [6.45, 7) is 4.57. The van der Waals surface area contributed by atoms with E-state index in [9.17, 15) is 13.8 Å². The van der Waals surface area contributed by atoms with Gasteiger partial charge < -0.3 is 9.47 Å². The highest BCUT2D eigenvalue weighted by atomic mass is 32.2. The fourth-order valence-electron chi connectivity index (χ4n) is 1.71. The van der Waals surface area contributed by atoms with Crippen LogP contribution in [0, 0.1) is 0 Å². The van der Waals surface area contributed by atoms with Crippen LogP contribution < -0.4 is 0 Å². The van der Waals surface area contributed by atoms with E-state index in [1.807, 2.05) is 13.8 Å². The number of hydrogen-bond donors (Lipinski definition) is 0. The van der Waals surface area contributed by atoms with E-state index >= 15 is 0 Å². The van der Waals surface area contributed by atoms with Gasteiger partial charge in [-0.25, -0.2) is 0 Å². The molecule has 0 unspecified atom stereocenters. The van der Waals surface area contributed by atoms with E-state index in [2.05, 4.69) is 0 Å². The summed E-state index contributed by atoms with van der Waals surface area (Å²) in [5.41, 5.74) is 0. The first kappa shape index (κ1) is 23.4. The van der Waals surface area contributed by atoms with Crippen molar-refractivity contribution in [2.24, 2.45) is 0 Å². The number of ether oxygens (including phenoxy) is 2. The molecular formula is C16H32O5S. The first-order valence-corrected chi connectivity index (χ1v) is 9.96. The van der Waals surface area contributed by atoms with Gasteiger partial charge in [0.2, 0.25) is 0 Å². The van der Waals surface area contributed by atoms with Gasteiger partial charge >= 0.3 is 11.9 Å². The van der Waals surface area contributed by atoms with E-state index < -0.39 is 10.8 Å². The van der Waals surface area contributed by atoms with Crippen molar-refractivity contribution in [2.75, 3.05) is 25.7 Å². The molecule has 0 aliphatic heterocycles. The molecule has 0 heterocycles. The molecule has 0 aliphatic rings. The number of carbonyl (C=O) groups is 2. The van der Waals surface area contributed by atoms with Gasteiger partial charge in [-0.2, -0.15) is 0 Å². The Morgan fingerprint density at radius 2 is 1.00 bits per heavy atom. The number of esters is 2. The molecule has 22 heavy (non-hydrogen) atoms. The largest absolute Gasteiger partial charge is 0.466 e. The van der Waals surface area contributed by atoms with Gasteiger partial charge in [0.05, 0.1) is 13.2 Å². The second-order valence-corrected chi connectivity index (χ2v) is 6.46. The average Bonchev–Trinajstić information content (AvgIpc) is 2.41.